The van der Waals surface area contributed by atoms with Gasteiger partial charge in [-0.05, 0) is 110 Å². The molecule has 0 bridgehead atoms. The van der Waals surface area contributed by atoms with E-state index in [1.54, 1.807) is 0 Å². The summed E-state index contributed by atoms with van der Waals surface area (Å²) in [4.78, 5) is 12.9. The van der Waals surface area contributed by atoms with Gasteiger partial charge in [-0.25, -0.2) is 0 Å². The van der Waals surface area contributed by atoms with Crippen LogP contribution >= 0.6 is 0 Å². The molecule has 0 amide bonds. The highest BCUT2D eigenvalue weighted by Crippen LogP contribution is 2.72. The fourth-order valence-electron chi connectivity index (χ4n) is 13.0. The Morgan fingerprint density at radius 2 is 1.58 bits per heavy atom. The van der Waals surface area contributed by atoms with Gasteiger partial charge in [0.25, 0.3) is 0 Å². The van der Waals surface area contributed by atoms with Crippen LogP contribution in [0, 0.1) is 50.7 Å². The van der Waals surface area contributed by atoms with Crippen molar-refractivity contribution in [3.05, 3.63) is 11.6 Å². The van der Waals surface area contributed by atoms with Crippen molar-refractivity contribution in [2.75, 3.05) is 13.2 Å². The van der Waals surface area contributed by atoms with E-state index in [-0.39, 0.29) is 46.7 Å². The molecule has 5 aliphatic carbocycles. The number of fused-ring (bicyclic) bond motifs is 7. The number of carbonyl (C=O) groups is 1. The van der Waals surface area contributed by atoms with Crippen molar-refractivity contribution in [2.24, 2.45) is 50.7 Å². The third kappa shape index (κ3) is 5.94. The predicted molar refractivity (Wildman–Crippen MR) is 185 cm³/mol. The summed E-state index contributed by atoms with van der Waals surface area (Å²) in [6, 6.07) is 0. The van der Waals surface area contributed by atoms with E-state index in [1.165, 1.54) is 5.57 Å². The molecule has 2 aliphatic heterocycles. The minimum atomic E-state index is -1.19. The lowest BCUT2D eigenvalue weighted by Gasteiger charge is -2.68. The van der Waals surface area contributed by atoms with Gasteiger partial charge in [-0.15, -0.1) is 0 Å². The standard InChI is InChI=1S/C40H64O10/c1-36(2)15-16-40(35(45)46)14-9-23-22(24(40)19-36)7-8-30-38(23,5)12-10-29-37(3,4)31(11-13-39(29,30)6)50-32-18-27(26(43)21-47-32)48-33-17-25(42)34(44)28(20-41)49-33/h7,23-34,41-44H,8-21H2,1-6H3,(H,45,46)/t23?,24-,25+,26+,27+,28+,29?,30?,31-,32?,33?,34+,38-,39-,40+/m0/s1. The van der Waals surface area contributed by atoms with Crippen LogP contribution in [-0.2, 0) is 23.7 Å². The van der Waals surface area contributed by atoms with E-state index in [1.807, 2.05) is 0 Å². The van der Waals surface area contributed by atoms with Crippen molar-refractivity contribution in [1.82, 2.24) is 0 Å². The lowest BCUT2D eigenvalue weighted by atomic mass is 9.37. The first-order valence-electron chi connectivity index (χ1n) is 19.6. The predicted octanol–water partition coefficient (Wildman–Crippen LogP) is 5.19. The minimum Gasteiger partial charge on any atom is -0.481 e. The molecule has 5 unspecified atom stereocenters. The topological polar surface area (TPSA) is 155 Å². The Morgan fingerprint density at radius 1 is 0.840 bits per heavy atom. The second-order valence-electron chi connectivity index (χ2n) is 19.4. The van der Waals surface area contributed by atoms with Gasteiger partial charge >= 0.3 is 5.97 Å². The zero-order chi connectivity index (χ0) is 36.0. The summed E-state index contributed by atoms with van der Waals surface area (Å²) in [6.45, 7) is 14.1. The molecule has 7 rings (SSSR count). The van der Waals surface area contributed by atoms with Crippen LogP contribution in [0.3, 0.4) is 0 Å². The zero-order valence-corrected chi connectivity index (χ0v) is 31.2. The first-order chi connectivity index (χ1) is 23.4. The van der Waals surface area contributed by atoms with Gasteiger partial charge in [-0.3, -0.25) is 4.79 Å². The monoisotopic (exact) mass is 704 g/mol. The number of allylic oxidation sites excluding steroid dienone is 2. The first-order valence-corrected chi connectivity index (χ1v) is 19.6. The lowest BCUT2D eigenvalue weighted by Crippen LogP contribution is -2.63. The summed E-state index contributed by atoms with van der Waals surface area (Å²) in [5.41, 5.74) is 1.21. The SMILES string of the molecule is CC1(C)CC[C@]2(C(=O)O)CCC3C(=CCC4[C@@]3(C)CCC3C(C)(C)[C@@H](OC5C[C@@H](OC6C[C@@H](O)[C@@H](O)[C@@H](CO)O6)[C@H](O)CO5)CC[C@@]34C)[C@@H]2C1. The van der Waals surface area contributed by atoms with Gasteiger partial charge in [0, 0.05) is 12.8 Å². The molecule has 0 radical (unpaired) electrons. The second-order valence-corrected chi connectivity index (χ2v) is 19.4. The Balaban J connectivity index is 1.05. The Labute approximate surface area is 298 Å². The Hall–Kier alpha value is -1.11. The second kappa shape index (κ2) is 13.0. The summed E-state index contributed by atoms with van der Waals surface area (Å²) < 4.78 is 24.6. The lowest BCUT2D eigenvalue weighted by molar-refractivity contribution is -0.312. The smallest absolute Gasteiger partial charge is 0.310 e. The molecule has 5 N–H and O–H groups in total. The van der Waals surface area contributed by atoms with Crippen LogP contribution in [0.2, 0.25) is 0 Å². The van der Waals surface area contributed by atoms with Crippen LogP contribution in [-0.4, -0.2) is 93.9 Å². The zero-order valence-electron chi connectivity index (χ0n) is 31.2. The average molecular weight is 705 g/mol. The molecule has 2 heterocycles. The van der Waals surface area contributed by atoms with E-state index in [4.69, 9.17) is 18.9 Å². The highest BCUT2D eigenvalue weighted by molar-refractivity contribution is 5.76. The molecule has 15 atom stereocenters. The summed E-state index contributed by atoms with van der Waals surface area (Å²) >= 11 is 0. The largest absolute Gasteiger partial charge is 0.481 e. The number of carboxylic acids is 1. The molecule has 10 nitrogen and oxygen atoms in total. The molecule has 0 spiro atoms. The average Bonchev–Trinajstić information content (AvgIpc) is 3.04. The molecule has 10 heteroatoms. The molecule has 0 aromatic heterocycles. The van der Waals surface area contributed by atoms with E-state index in [0.717, 1.165) is 64.2 Å². The van der Waals surface area contributed by atoms with Crippen LogP contribution < -0.4 is 0 Å². The van der Waals surface area contributed by atoms with Crippen LogP contribution in [0.5, 0.6) is 0 Å². The van der Waals surface area contributed by atoms with E-state index in [9.17, 15) is 30.3 Å². The minimum absolute atomic E-state index is 0.0301. The molecule has 0 aromatic rings. The third-order valence-electron chi connectivity index (χ3n) is 15.9. The van der Waals surface area contributed by atoms with Crippen LogP contribution in [0.15, 0.2) is 11.6 Å². The van der Waals surface area contributed by atoms with Crippen LogP contribution in [0.25, 0.3) is 0 Å². The number of rotatable bonds is 6. The summed E-state index contributed by atoms with van der Waals surface area (Å²) in [5, 5.41) is 51.3. The van der Waals surface area contributed by atoms with Crippen molar-refractivity contribution in [3.63, 3.8) is 0 Å². The third-order valence-corrected chi connectivity index (χ3v) is 15.9. The van der Waals surface area contributed by atoms with Gasteiger partial charge in [0.2, 0.25) is 0 Å². The first kappa shape index (κ1) is 37.2. The number of aliphatic hydroxyl groups excluding tert-OH is 4. The fourth-order valence-corrected chi connectivity index (χ4v) is 13.0. The van der Waals surface area contributed by atoms with E-state index < -0.39 is 61.1 Å². The molecule has 50 heavy (non-hydrogen) atoms. The highest BCUT2D eigenvalue weighted by Gasteiger charge is 2.66. The van der Waals surface area contributed by atoms with Crippen LogP contribution in [0.4, 0.5) is 0 Å². The Morgan fingerprint density at radius 3 is 2.30 bits per heavy atom. The molecular formula is C40H64O10. The van der Waals surface area contributed by atoms with Gasteiger partial charge in [0.1, 0.15) is 18.3 Å². The normalized spacial score (nSPS) is 51.3. The molecule has 4 saturated carbocycles. The quantitative estimate of drug-likeness (QED) is 0.184. The maximum Gasteiger partial charge on any atom is 0.310 e. The summed E-state index contributed by atoms with van der Waals surface area (Å²) in [6.07, 6.45) is 6.46. The van der Waals surface area contributed by atoms with Crippen molar-refractivity contribution in [1.29, 1.82) is 0 Å². The number of aliphatic hydroxyl groups is 4. The molecule has 7 aliphatic rings. The highest BCUT2D eigenvalue weighted by atomic mass is 16.7. The van der Waals surface area contributed by atoms with Gasteiger partial charge in [0.15, 0.2) is 12.6 Å². The fraction of sp³-hybridized carbons (Fsp3) is 0.925. The van der Waals surface area contributed by atoms with Crippen LogP contribution in [0.1, 0.15) is 119 Å². The van der Waals surface area contributed by atoms with Gasteiger partial charge in [0.05, 0.1) is 36.9 Å². The van der Waals surface area contributed by atoms with E-state index in [0.29, 0.717) is 24.2 Å². The molecule has 0 aromatic carbocycles. The van der Waals surface area contributed by atoms with E-state index >= 15 is 0 Å². The van der Waals surface area contributed by atoms with Crippen molar-refractivity contribution < 1.29 is 49.3 Å². The number of hydrogen-bond acceptors (Lipinski definition) is 9. The molecule has 6 fully saturated rings. The molecule has 2 saturated heterocycles. The maximum absolute atomic E-state index is 12.9. The summed E-state index contributed by atoms with van der Waals surface area (Å²) in [7, 11) is 0. The van der Waals surface area contributed by atoms with Gasteiger partial charge in [-0.1, -0.05) is 53.2 Å². The Bertz CT molecular complexity index is 1310. The number of aliphatic carboxylic acids is 1. The van der Waals surface area contributed by atoms with Crippen molar-refractivity contribution in [3.8, 4) is 0 Å². The number of ether oxygens (including phenoxy) is 4. The van der Waals surface area contributed by atoms with Gasteiger partial charge < -0.3 is 44.5 Å². The van der Waals surface area contributed by atoms with Crippen molar-refractivity contribution >= 4 is 5.97 Å². The summed E-state index contributed by atoms with van der Waals surface area (Å²) in [5.74, 6) is 1.00. The number of carboxylic acid groups (broad SMARTS) is 1. The van der Waals surface area contributed by atoms with E-state index in [2.05, 4.69) is 47.6 Å². The van der Waals surface area contributed by atoms with Gasteiger partial charge in [-0.2, -0.15) is 0 Å². The Kier molecular flexibility index (Phi) is 9.70. The number of hydrogen-bond donors (Lipinski definition) is 5. The molecular weight excluding hydrogens is 640 g/mol. The van der Waals surface area contributed by atoms with Crippen molar-refractivity contribution in [2.45, 2.75) is 168 Å². The molecule has 284 valence electrons. The maximum atomic E-state index is 12.9.